The Hall–Kier alpha value is -4.14. The first-order chi connectivity index (χ1) is 17.0. The van der Waals surface area contributed by atoms with Crippen molar-refractivity contribution in [2.24, 2.45) is 0 Å². The van der Waals surface area contributed by atoms with Crippen LogP contribution in [0.4, 0.5) is 4.79 Å². The normalized spacial score (nSPS) is 12.9. The predicted molar refractivity (Wildman–Crippen MR) is 127 cm³/mol. The van der Waals surface area contributed by atoms with Gasteiger partial charge in [0.1, 0.15) is 6.61 Å². The van der Waals surface area contributed by atoms with Crippen LogP contribution in [0, 0.1) is 0 Å². The Bertz CT molecular complexity index is 1180. The third-order valence-corrected chi connectivity index (χ3v) is 5.99. The van der Waals surface area contributed by atoms with E-state index in [2.05, 4.69) is 27.8 Å². The van der Waals surface area contributed by atoms with Crippen LogP contribution >= 0.6 is 0 Å². The second-order valence-corrected chi connectivity index (χ2v) is 8.36. The molecule has 0 fully saturated rings. The number of hydrogen-bond acceptors (Lipinski definition) is 6. The highest BCUT2D eigenvalue weighted by atomic mass is 16.5. The highest BCUT2D eigenvalue weighted by Gasteiger charge is 2.29. The van der Waals surface area contributed by atoms with Gasteiger partial charge in [-0.05, 0) is 28.7 Å². The van der Waals surface area contributed by atoms with Crippen LogP contribution in [0.1, 0.15) is 59.5 Å². The van der Waals surface area contributed by atoms with Crippen molar-refractivity contribution >= 4 is 18.0 Å². The van der Waals surface area contributed by atoms with Crippen molar-refractivity contribution in [3.8, 4) is 11.1 Å². The molecule has 1 aliphatic carbocycles. The number of aromatic nitrogens is 1. The van der Waals surface area contributed by atoms with E-state index in [0.717, 1.165) is 28.6 Å². The Kier molecular flexibility index (Phi) is 7.45. The SMILES string of the molecule is CCCC(CC(=O)O)NC(=O)c1ncoc1CNC(=O)OCC1c2ccccc2-c2ccccc21. The Balaban J connectivity index is 1.34. The summed E-state index contributed by atoms with van der Waals surface area (Å²) in [7, 11) is 0. The Morgan fingerprint density at radius 1 is 1.09 bits per heavy atom. The summed E-state index contributed by atoms with van der Waals surface area (Å²) < 4.78 is 10.8. The number of oxazole rings is 1. The second-order valence-electron chi connectivity index (χ2n) is 8.36. The van der Waals surface area contributed by atoms with Gasteiger partial charge in [-0.15, -0.1) is 0 Å². The van der Waals surface area contributed by atoms with Crippen LogP contribution in [0.2, 0.25) is 0 Å². The van der Waals surface area contributed by atoms with Crippen molar-refractivity contribution in [2.45, 2.75) is 44.7 Å². The Morgan fingerprint density at radius 3 is 2.37 bits per heavy atom. The molecule has 1 unspecified atom stereocenters. The van der Waals surface area contributed by atoms with Gasteiger partial charge in [-0.25, -0.2) is 9.78 Å². The van der Waals surface area contributed by atoms with Gasteiger partial charge in [-0.1, -0.05) is 61.9 Å². The van der Waals surface area contributed by atoms with E-state index in [-0.39, 0.29) is 36.9 Å². The van der Waals surface area contributed by atoms with Crippen LogP contribution in [0.15, 0.2) is 59.3 Å². The monoisotopic (exact) mass is 477 g/mol. The van der Waals surface area contributed by atoms with Crippen molar-refractivity contribution in [1.29, 1.82) is 0 Å². The summed E-state index contributed by atoms with van der Waals surface area (Å²) in [4.78, 5) is 40.0. The number of nitrogens with zero attached hydrogens (tertiary/aromatic N) is 1. The number of carboxylic acids is 1. The van der Waals surface area contributed by atoms with Gasteiger partial charge in [-0.3, -0.25) is 9.59 Å². The molecule has 9 heteroatoms. The summed E-state index contributed by atoms with van der Waals surface area (Å²) in [6, 6.07) is 15.6. The summed E-state index contributed by atoms with van der Waals surface area (Å²) in [6.45, 7) is 1.97. The third kappa shape index (κ3) is 5.51. The number of carbonyl (C=O) groups is 3. The van der Waals surface area contributed by atoms with E-state index in [4.69, 9.17) is 14.3 Å². The van der Waals surface area contributed by atoms with E-state index in [1.54, 1.807) is 0 Å². The van der Waals surface area contributed by atoms with Gasteiger partial charge in [0.25, 0.3) is 5.91 Å². The molecule has 3 aromatic rings. The highest BCUT2D eigenvalue weighted by Crippen LogP contribution is 2.44. The van der Waals surface area contributed by atoms with Crippen molar-refractivity contribution in [3.63, 3.8) is 0 Å². The zero-order valence-electron chi connectivity index (χ0n) is 19.3. The Morgan fingerprint density at radius 2 is 1.74 bits per heavy atom. The van der Waals surface area contributed by atoms with Crippen LogP contribution in [0.25, 0.3) is 11.1 Å². The quantitative estimate of drug-likeness (QED) is 0.401. The van der Waals surface area contributed by atoms with Crippen molar-refractivity contribution < 1.29 is 28.6 Å². The molecule has 2 aromatic carbocycles. The molecule has 0 saturated heterocycles. The molecule has 35 heavy (non-hydrogen) atoms. The standard InChI is InChI=1S/C26H27N3O6/c1-2-7-16(12-23(30)31)29-25(32)24-22(35-15-28-24)13-27-26(33)34-14-21-19-10-5-3-8-17(19)18-9-4-6-11-20(18)21/h3-6,8-11,15-16,21H,2,7,12-14H2,1H3,(H,27,33)(H,29,32)(H,30,31). The van der Waals surface area contributed by atoms with E-state index >= 15 is 0 Å². The topological polar surface area (TPSA) is 131 Å². The summed E-state index contributed by atoms with van der Waals surface area (Å²) in [5, 5.41) is 14.3. The van der Waals surface area contributed by atoms with Gasteiger partial charge in [0, 0.05) is 12.0 Å². The molecule has 3 N–H and O–H groups in total. The van der Waals surface area contributed by atoms with Crippen LogP contribution in [-0.4, -0.2) is 40.7 Å². The molecule has 1 heterocycles. The fraction of sp³-hybridized carbons (Fsp3) is 0.308. The second kappa shape index (κ2) is 10.9. The molecule has 0 saturated carbocycles. The molecule has 9 nitrogen and oxygen atoms in total. The fourth-order valence-corrected chi connectivity index (χ4v) is 4.42. The summed E-state index contributed by atoms with van der Waals surface area (Å²) in [5.41, 5.74) is 4.49. The van der Waals surface area contributed by atoms with Gasteiger partial charge in [0.05, 0.1) is 13.0 Å². The lowest BCUT2D eigenvalue weighted by atomic mass is 9.98. The Labute approximate surface area is 202 Å². The number of benzene rings is 2. The van der Waals surface area contributed by atoms with Crippen LogP contribution in [0.5, 0.6) is 0 Å². The van der Waals surface area contributed by atoms with E-state index in [1.807, 2.05) is 43.3 Å². The molecular weight excluding hydrogens is 450 g/mol. The summed E-state index contributed by atoms with van der Waals surface area (Å²) in [6.07, 6.45) is 1.50. The number of hydrogen-bond donors (Lipinski definition) is 3. The molecule has 0 radical (unpaired) electrons. The lowest BCUT2D eigenvalue weighted by molar-refractivity contribution is -0.137. The van der Waals surface area contributed by atoms with Gasteiger partial charge in [-0.2, -0.15) is 0 Å². The zero-order valence-corrected chi connectivity index (χ0v) is 19.3. The van der Waals surface area contributed by atoms with E-state index in [0.29, 0.717) is 12.8 Å². The zero-order chi connectivity index (χ0) is 24.8. The summed E-state index contributed by atoms with van der Waals surface area (Å²) in [5.74, 6) is -1.46. The molecule has 1 aliphatic rings. The molecule has 1 aromatic heterocycles. The molecule has 182 valence electrons. The molecular formula is C26H27N3O6. The van der Waals surface area contributed by atoms with Gasteiger partial charge in [0.15, 0.2) is 17.8 Å². The number of amides is 2. The number of carboxylic acid groups (broad SMARTS) is 1. The average Bonchev–Trinajstić information content (AvgIpc) is 3.44. The van der Waals surface area contributed by atoms with Crippen LogP contribution in [0.3, 0.4) is 0 Å². The number of nitrogens with one attached hydrogen (secondary N) is 2. The average molecular weight is 478 g/mol. The predicted octanol–water partition coefficient (Wildman–Crippen LogP) is 4.09. The highest BCUT2D eigenvalue weighted by molar-refractivity contribution is 5.93. The number of fused-ring (bicyclic) bond motifs is 3. The molecule has 0 aliphatic heterocycles. The van der Waals surface area contributed by atoms with Crippen molar-refractivity contribution in [2.75, 3.05) is 6.61 Å². The molecule has 1 atom stereocenters. The van der Waals surface area contributed by atoms with Gasteiger partial charge < -0.3 is 24.9 Å². The minimum Gasteiger partial charge on any atom is -0.481 e. The fourth-order valence-electron chi connectivity index (χ4n) is 4.42. The summed E-state index contributed by atoms with van der Waals surface area (Å²) >= 11 is 0. The minimum absolute atomic E-state index is 0.00422. The van der Waals surface area contributed by atoms with Crippen molar-refractivity contribution in [3.05, 3.63) is 77.5 Å². The van der Waals surface area contributed by atoms with Crippen molar-refractivity contribution in [1.82, 2.24) is 15.6 Å². The molecule has 4 rings (SSSR count). The van der Waals surface area contributed by atoms with Crippen LogP contribution in [-0.2, 0) is 16.1 Å². The largest absolute Gasteiger partial charge is 0.481 e. The van der Waals surface area contributed by atoms with E-state index in [1.165, 1.54) is 0 Å². The van der Waals surface area contributed by atoms with Crippen LogP contribution < -0.4 is 10.6 Å². The minimum atomic E-state index is -0.999. The first-order valence-corrected chi connectivity index (χ1v) is 11.5. The number of aliphatic carboxylic acids is 1. The van der Waals surface area contributed by atoms with E-state index < -0.39 is 24.0 Å². The third-order valence-electron chi connectivity index (χ3n) is 5.99. The number of alkyl carbamates (subject to hydrolysis) is 1. The van der Waals surface area contributed by atoms with Gasteiger partial charge in [0.2, 0.25) is 0 Å². The maximum absolute atomic E-state index is 12.6. The maximum atomic E-state index is 12.6. The molecule has 0 spiro atoms. The number of carbonyl (C=O) groups excluding carboxylic acids is 2. The number of rotatable bonds is 10. The molecule has 2 amide bonds. The lowest BCUT2D eigenvalue weighted by Crippen LogP contribution is -2.37. The number of ether oxygens (including phenoxy) is 1. The first kappa shape index (κ1) is 24.0. The lowest BCUT2D eigenvalue weighted by Gasteiger charge is -2.16. The maximum Gasteiger partial charge on any atom is 0.407 e. The van der Waals surface area contributed by atoms with E-state index in [9.17, 15) is 14.4 Å². The van der Waals surface area contributed by atoms with Gasteiger partial charge >= 0.3 is 12.1 Å². The smallest absolute Gasteiger partial charge is 0.407 e. The molecule has 0 bridgehead atoms. The first-order valence-electron chi connectivity index (χ1n) is 11.5.